The zero-order valence-electron chi connectivity index (χ0n) is 17.4. The van der Waals surface area contributed by atoms with Crippen molar-refractivity contribution >= 4 is 29.1 Å². The predicted octanol–water partition coefficient (Wildman–Crippen LogP) is 4.85. The molecular weight excluding hydrogens is 410 g/mol. The molecule has 0 saturated heterocycles. The molecule has 1 amide bonds. The molecule has 1 aliphatic carbocycles. The van der Waals surface area contributed by atoms with Crippen molar-refractivity contribution in [3.8, 4) is 0 Å². The first-order valence-corrected chi connectivity index (χ1v) is 11.4. The van der Waals surface area contributed by atoms with E-state index in [1.807, 2.05) is 35.0 Å². The summed E-state index contributed by atoms with van der Waals surface area (Å²) in [5, 5.41) is 15.4. The summed E-state index contributed by atoms with van der Waals surface area (Å²) in [6, 6.07) is 16.9. The zero-order valence-corrected chi connectivity index (χ0v) is 18.2. The van der Waals surface area contributed by atoms with Crippen molar-refractivity contribution in [3.05, 3.63) is 65.7 Å². The predicted molar refractivity (Wildman–Crippen MR) is 120 cm³/mol. The summed E-state index contributed by atoms with van der Waals surface area (Å²) in [7, 11) is 0. The average molecular weight is 436 g/mol. The van der Waals surface area contributed by atoms with Gasteiger partial charge in [-0.1, -0.05) is 73.5 Å². The van der Waals surface area contributed by atoms with Crippen LogP contribution < -0.4 is 5.32 Å². The number of nitrogens with zero attached hydrogens (tertiary/aromatic N) is 4. The van der Waals surface area contributed by atoms with Crippen molar-refractivity contribution in [3.63, 3.8) is 0 Å². The fourth-order valence-electron chi connectivity index (χ4n) is 3.85. The standard InChI is InChI=1S/C23H25N5O2S/c1-16(29)18-11-8-12-19(15-18)24-22(30)21(17-9-4-2-5-10-17)31-23-25-26-27-28(23)20-13-6-3-7-14-20/h2,4-5,8-12,15,20-21H,3,6-7,13-14H2,1H3,(H,24,30). The second-order valence-corrected chi connectivity index (χ2v) is 8.80. The Morgan fingerprint density at radius 1 is 1.06 bits per heavy atom. The lowest BCUT2D eigenvalue weighted by Crippen LogP contribution is -2.21. The molecule has 7 nitrogen and oxygen atoms in total. The lowest BCUT2D eigenvalue weighted by atomic mass is 9.96. The number of hydrogen-bond acceptors (Lipinski definition) is 6. The maximum Gasteiger partial charge on any atom is 0.242 e. The number of amides is 1. The molecule has 1 atom stereocenters. The fourth-order valence-corrected chi connectivity index (χ4v) is 4.89. The SMILES string of the molecule is CC(=O)c1cccc(NC(=O)C(Sc2nnnn2C2CCCCC2)c2ccccc2)c1. The molecule has 160 valence electrons. The third-order valence-corrected chi connectivity index (χ3v) is 6.69. The van der Waals surface area contributed by atoms with E-state index in [4.69, 9.17) is 0 Å². The number of ketones is 1. The summed E-state index contributed by atoms with van der Waals surface area (Å²) in [6.07, 6.45) is 5.69. The van der Waals surface area contributed by atoms with Gasteiger partial charge in [0.15, 0.2) is 5.78 Å². The second-order valence-electron chi connectivity index (χ2n) is 7.73. The third kappa shape index (κ3) is 5.19. The minimum absolute atomic E-state index is 0.0447. The van der Waals surface area contributed by atoms with Crippen LogP contribution in [-0.2, 0) is 4.79 Å². The van der Waals surface area contributed by atoms with E-state index in [1.54, 1.807) is 24.3 Å². The number of carbonyl (C=O) groups excluding carboxylic acids is 2. The monoisotopic (exact) mass is 435 g/mol. The van der Waals surface area contributed by atoms with E-state index in [0.29, 0.717) is 16.4 Å². The molecule has 0 spiro atoms. The van der Waals surface area contributed by atoms with Crippen LogP contribution in [0.1, 0.15) is 66.2 Å². The maximum atomic E-state index is 13.3. The van der Waals surface area contributed by atoms with Gasteiger partial charge in [-0.2, -0.15) is 0 Å². The molecule has 1 fully saturated rings. The first kappa shape index (κ1) is 21.2. The molecule has 1 heterocycles. The van der Waals surface area contributed by atoms with Gasteiger partial charge in [0.2, 0.25) is 11.1 Å². The van der Waals surface area contributed by atoms with Gasteiger partial charge in [0, 0.05) is 11.3 Å². The van der Waals surface area contributed by atoms with E-state index in [9.17, 15) is 9.59 Å². The Kier molecular flexibility index (Phi) is 6.76. The second kappa shape index (κ2) is 9.87. The smallest absolute Gasteiger partial charge is 0.242 e. The number of thioether (sulfide) groups is 1. The van der Waals surface area contributed by atoms with Gasteiger partial charge in [-0.05, 0) is 47.9 Å². The molecule has 1 aliphatic rings. The molecule has 1 unspecified atom stereocenters. The number of Topliss-reactive ketones (excluding diaryl/α,β-unsaturated/α-hetero) is 1. The van der Waals surface area contributed by atoms with Crippen LogP contribution in [0.4, 0.5) is 5.69 Å². The Bertz CT molecular complexity index is 1050. The normalized spacial score (nSPS) is 15.4. The summed E-state index contributed by atoms with van der Waals surface area (Å²) in [5.74, 6) is -0.230. The minimum atomic E-state index is -0.532. The Labute approximate surface area is 185 Å². The molecule has 2 aromatic carbocycles. The minimum Gasteiger partial charge on any atom is -0.325 e. The average Bonchev–Trinajstić information content (AvgIpc) is 3.27. The first-order valence-electron chi connectivity index (χ1n) is 10.5. The largest absolute Gasteiger partial charge is 0.325 e. The highest BCUT2D eigenvalue weighted by Crippen LogP contribution is 2.37. The van der Waals surface area contributed by atoms with Crippen LogP contribution >= 0.6 is 11.8 Å². The molecule has 31 heavy (non-hydrogen) atoms. The number of hydrogen-bond donors (Lipinski definition) is 1. The Hall–Kier alpha value is -3.00. The number of rotatable bonds is 7. The Morgan fingerprint density at radius 2 is 1.84 bits per heavy atom. The molecule has 8 heteroatoms. The van der Waals surface area contributed by atoms with Crippen molar-refractivity contribution in [1.82, 2.24) is 20.2 Å². The van der Waals surface area contributed by atoms with Crippen molar-refractivity contribution in [2.75, 3.05) is 5.32 Å². The van der Waals surface area contributed by atoms with Crippen LogP contribution in [0.15, 0.2) is 59.8 Å². The quantitative estimate of drug-likeness (QED) is 0.421. The van der Waals surface area contributed by atoms with Crippen LogP contribution in [0.5, 0.6) is 0 Å². The molecule has 4 rings (SSSR count). The fraction of sp³-hybridized carbons (Fsp3) is 0.348. The van der Waals surface area contributed by atoms with E-state index in [1.165, 1.54) is 37.9 Å². The Morgan fingerprint density at radius 3 is 2.58 bits per heavy atom. The third-order valence-electron chi connectivity index (χ3n) is 5.48. The van der Waals surface area contributed by atoms with E-state index in [0.717, 1.165) is 18.4 Å². The van der Waals surface area contributed by atoms with Gasteiger partial charge >= 0.3 is 0 Å². The molecule has 1 saturated carbocycles. The summed E-state index contributed by atoms with van der Waals surface area (Å²) in [6.45, 7) is 1.51. The van der Waals surface area contributed by atoms with Crippen LogP contribution in [0.25, 0.3) is 0 Å². The molecule has 1 N–H and O–H groups in total. The van der Waals surface area contributed by atoms with Gasteiger partial charge in [-0.25, -0.2) is 4.68 Å². The van der Waals surface area contributed by atoms with Gasteiger partial charge in [-0.3, -0.25) is 9.59 Å². The molecule has 1 aromatic heterocycles. The highest BCUT2D eigenvalue weighted by atomic mass is 32.2. The number of aromatic nitrogens is 4. The van der Waals surface area contributed by atoms with Crippen molar-refractivity contribution in [2.45, 2.75) is 55.5 Å². The highest BCUT2D eigenvalue weighted by Gasteiger charge is 2.27. The number of tetrazole rings is 1. The zero-order chi connectivity index (χ0) is 21.6. The first-order chi connectivity index (χ1) is 15.1. The maximum absolute atomic E-state index is 13.3. The van der Waals surface area contributed by atoms with Crippen LogP contribution in [0.3, 0.4) is 0 Å². The van der Waals surface area contributed by atoms with Crippen molar-refractivity contribution in [1.29, 1.82) is 0 Å². The lowest BCUT2D eigenvalue weighted by Gasteiger charge is -2.23. The highest BCUT2D eigenvalue weighted by molar-refractivity contribution is 8.00. The van der Waals surface area contributed by atoms with E-state index in [-0.39, 0.29) is 17.7 Å². The van der Waals surface area contributed by atoms with Crippen molar-refractivity contribution in [2.24, 2.45) is 0 Å². The van der Waals surface area contributed by atoms with Gasteiger partial charge in [-0.15, -0.1) is 5.10 Å². The van der Waals surface area contributed by atoms with E-state index in [2.05, 4.69) is 20.8 Å². The summed E-state index contributed by atoms with van der Waals surface area (Å²) >= 11 is 1.35. The van der Waals surface area contributed by atoms with Crippen LogP contribution in [0, 0.1) is 0 Å². The molecule has 0 radical (unpaired) electrons. The van der Waals surface area contributed by atoms with Gasteiger partial charge in [0.05, 0.1) is 6.04 Å². The topological polar surface area (TPSA) is 89.8 Å². The molecule has 0 aliphatic heterocycles. The number of benzene rings is 2. The van der Waals surface area contributed by atoms with Gasteiger partial charge in [0.1, 0.15) is 5.25 Å². The van der Waals surface area contributed by atoms with Crippen LogP contribution in [0.2, 0.25) is 0 Å². The summed E-state index contributed by atoms with van der Waals surface area (Å²) < 4.78 is 1.88. The van der Waals surface area contributed by atoms with Gasteiger partial charge < -0.3 is 5.32 Å². The van der Waals surface area contributed by atoms with Gasteiger partial charge in [0.25, 0.3) is 0 Å². The Balaban J connectivity index is 1.59. The lowest BCUT2D eigenvalue weighted by molar-refractivity contribution is -0.115. The number of nitrogens with one attached hydrogen (secondary N) is 1. The molecule has 0 bridgehead atoms. The number of anilines is 1. The van der Waals surface area contributed by atoms with E-state index >= 15 is 0 Å². The molecular formula is C23H25N5O2S. The van der Waals surface area contributed by atoms with Crippen molar-refractivity contribution < 1.29 is 9.59 Å². The summed E-state index contributed by atoms with van der Waals surface area (Å²) in [5.41, 5.74) is 2.01. The summed E-state index contributed by atoms with van der Waals surface area (Å²) in [4.78, 5) is 25.0. The number of carbonyl (C=O) groups is 2. The van der Waals surface area contributed by atoms with Crippen LogP contribution in [-0.4, -0.2) is 31.9 Å². The molecule has 3 aromatic rings. The van der Waals surface area contributed by atoms with E-state index < -0.39 is 5.25 Å².